The van der Waals surface area contributed by atoms with Crippen molar-refractivity contribution in [1.29, 1.82) is 0 Å². The second-order valence-corrected chi connectivity index (χ2v) is 7.95. The lowest BCUT2D eigenvalue weighted by Gasteiger charge is -2.33. The molecule has 0 amide bonds. The third-order valence-electron chi connectivity index (χ3n) is 5.43. The van der Waals surface area contributed by atoms with Crippen LogP contribution < -0.4 is 26.8 Å². The van der Waals surface area contributed by atoms with Crippen LogP contribution in [-0.2, 0) is 0 Å². The summed E-state index contributed by atoms with van der Waals surface area (Å²) in [5.41, 5.74) is 9.31. The van der Waals surface area contributed by atoms with Gasteiger partial charge in [-0.15, -0.1) is 0 Å². The Balaban J connectivity index is 1.57. The minimum absolute atomic E-state index is 0.0769. The molecule has 9 nitrogen and oxygen atoms in total. The third-order valence-corrected chi connectivity index (χ3v) is 5.43. The fourth-order valence-electron chi connectivity index (χ4n) is 3.51. The van der Waals surface area contributed by atoms with E-state index in [2.05, 4.69) is 43.2 Å². The van der Waals surface area contributed by atoms with E-state index in [0.717, 1.165) is 37.3 Å². The Hall–Kier alpha value is -3.17. The molecule has 3 heterocycles. The van der Waals surface area contributed by atoms with Gasteiger partial charge in [0, 0.05) is 43.8 Å². The third kappa shape index (κ3) is 4.07. The van der Waals surface area contributed by atoms with E-state index in [4.69, 9.17) is 11.6 Å². The summed E-state index contributed by atoms with van der Waals surface area (Å²) in [6, 6.07) is 7.83. The van der Waals surface area contributed by atoms with Crippen molar-refractivity contribution in [3.05, 3.63) is 36.7 Å². The Labute approximate surface area is 176 Å². The predicted molar refractivity (Wildman–Crippen MR) is 123 cm³/mol. The smallest absolute Gasteiger partial charge is 0.228 e. The molecule has 9 heteroatoms. The minimum atomic E-state index is 0.0769. The van der Waals surface area contributed by atoms with Crippen LogP contribution in [0.15, 0.2) is 36.7 Å². The molecule has 0 spiro atoms. The Morgan fingerprint density at radius 2 is 1.80 bits per heavy atom. The number of pyridine rings is 1. The number of anilines is 5. The lowest BCUT2D eigenvalue weighted by Crippen LogP contribution is -2.44. The molecule has 4 rings (SSSR count). The fourth-order valence-corrected chi connectivity index (χ4v) is 3.51. The first-order valence-electron chi connectivity index (χ1n) is 10.2. The maximum atomic E-state index is 6.26. The first kappa shape index (κ1) is 20.1. The second kappa shape index (κ2) is 8.29. The van der Waals surface area contributed by atoms with Crippen LogP contribution in [0.4, 0.5) is 28.8 Å². The summed E-state index contributed by atoms with van der Waals surface area (Å²) in [6.45, 7) is 8.15. The van der Waals surface area contributed by atoms with Crippen molar-refractivity contribution in [1.82, 2.24) is 19.9 Å². The monoisotopic (exact) mass is 407 g/mol. The molecule has 1 fully saturated rings. The van der Waals surface area contributed by atoms with Gasteiger partial charge < -0.3 is 25.9 Å². The van der Waals surface area contributed by atoms with Gasteiger partial charge in [-0.2, -0.15) is 0 Å². The molecule has 1 aromatic carbocycles. The second-order valence-electron chi connectivity index (χ2n) is 7.95. The maximum absolute atomic E-state index is 6.26. The quantitative estimate of drug-likeness (QED) is 0.333. The molecular formula is C21H29N9. The molecule has 0 unspecified atom stereocenters. The van der Waals surface area contributed by atoms with Crippen LogP contribution in [0.2, 0.25) is 0 Å². The number of nitrogen functional groups attached to an aromatic ring is 1. The van der Waals surface area contributed by atoms with E-state index in [1.807, 2.05) is 38.2 Å². The van der Waals surface area contributed by atoms with E-state index in [-0.39, 0.29) is 6.04 Å². The lowest BCUT2D eigenvalue weighted by atomic mass is 10.1. The van der Waals surface area contributed by atoms with Gasteiger partial charge in [-0.3, -0.25) is 0 Å². The highest BCUT2D eigenvalue weighted by molar-refractivity contribution is 5.97. The summed E-state index contributed by atoms with van der Waals surface area (Å²) >= 11 is 0. The van der Waals surface area contributed by atoms with Crippen LogP contribution in [-0.4, -0.2) is 59.1 Å². The Bertz CT molecular complexity index is 1010. The SMILES string of the molecule is CC(C)N(N)c1c(N)ccc2cnc(Nc3ccc(N4CCN(C)CC4)cn3)nc12. The average molecular weight is 408 g/mol. The highest BCUT2D eigenvalue weighted by atomic mass is 15.4. The Morgan fingerprint density at radius 3 is 2.47 bits per heavy atom. The molecule has 2 aromatic heterocycles. The molecule has 0 saturated carbocycles. The highest BCUT2D eigenvalue weighted by Gasteiger charge is 2.17. The van der Waals surface area contributed by atoms with Gasteiger partial charge in [-0.05, 0) is 45.2 Å². The van der Waals surface area contributed by atoms with Gasteiger partial charge in [0.1, 0.15) is 17.0 Å². The normalized spacial score (nSPS) is 15.0. The molecule has 1 saturated heterocycles. The van der Waals surface area contributed by atoms with Crippen LogP contribution >= 0.6 is 0 Å². The van der Waals surface area contributed by atoms with Crippen molar-refractivity contribution in [3.8, 4) is 0 Å². The molecule has 3 aromatic rings. The number of fused-ring (bicyclic) bond motifs is 1. The number of nitrogens with two attached hydrogens (primary N) is 2. The van der Waals surface area contributed by atoms with Crippen molar-refractivity contribution in [3.63, 3.8) is 0 Å². The standard InChI is InChI=1S/C21H29N9/c1-14(2)30(23)20-17(22)6-4-15-12-25-21(27-19(15)20)26-18-7-5-16(13-24-18)29-10-8-28(3)9-11-29/h4-7,12-14H,8-11,22-23H2,1-3H3,(H,24,25,26,27). The molecule has 1 aliphatic heterocycles. The Kier molecular flexibility index (Phi) is 5.56. The maximum Gasteiger partial charge on any atom is 0.228 e. The van der Waals surface area contributed by atoms with E-state index in [9.17, 15) is 0 Å². The van der Waals surface area contributed by atoms with Gasteiger partial charge in [0.05, 0.1) is 17.6 Å². The summed E-state index contributed by atoms with van der Waals surface area (Å²) in [7, 11) is 2.15. The van der Waals surface area contributed by atoms with E-state index < -0.39 is 0 Å². The van der Waals surface area contributed by atoms with Crippen molar-refractivity contribution in [2.24, 2.45) is 5.84 Å². The van der Waals surface area contributed by atoms with Gasteiger partial charge in [0.25, 0.3) is 0 Å². The van der Waals surface area contributed by atoms with Crippen LogP contribution in [0.5, 0.6) is 0 Å². The molecule has 0 bridgehead atoms. The Morgan fingerprint density at radius 1 is 1.03 bits per heavy atom. The summed E-state index contributed by atoms with van der Waals surface area (Å²) in [5.74, 6) is 7.39. The van der Waals surface area contributed by atoms with Gasteiger partial charge in [0.15, 0.2) is 0 Å². The zero-order chi connectivity index (χ0) is 21.3. The number of rotatable bonds is 5. The summed E-state index contributed by atoms with van der Waals surface area (Å²) in [6.07, 6.45) is 3.65. The summed E-state index contributed by atoms with van der Waals surface area (Å²) < 4.78 is 0. The largest absolute Gasteiger partial charge is 0.397 e. The van der Waals surface area contributed by atoms with Crippen molar-refractivity contribution >= 4 is 39.7 Å². The first-order chi connectivity index (χ1) is 14.4. The van der Waals surface area contributed by atoms with Crippen molar-refractivity contribution in [2.75, 3.05) is 54.2 Å². The summed E-state index contributed by atoms with van der Waals surface area (Å²) in [5, 5.41) is 5.70. The molecule has 0 radical (unpaired) electrons. The number of nitrogens with one attached hydrogen (secondary N) is 1. The fraction of sp³-hybridized carbons (Fsp3) is 0.381. The van der Waals surface area contributed by atoms with E-state index >= 15 is 0 Å². The number of hydrazine groups is 1. The molecule has 1 aliphatic rings. The molecule has 0 aliphatic carbocycles. The molecule has 0 atom stereocenters. The predicted octanol–water partition coefficient (Wildman–Crippen LogP) is 2.19. The number of hydrogen-bond acceptors (Lipinski definition) is 9. The highest BCUT2D eigenvalue weighted by Crippen LogP contribution is 2.31. The number of benzene rings is 1. The van der Waals surface area contributed by atoms with Crippen LogP contribution in [0.1, 0.15) is 13.8 Å². The number of hydrogen-bond donors (Lipinski definition) is 3. The zero-order valence-electron chi connectivity index (χ0n) is 17.7. The van der Waals surface area contributed by atoms with Gasteiger partial charge in [-0.1, -0.05) is 0 Å². The number of piperazine rings is 1. The van der Waals surface area contributed by atoms with Gasteiger partial charge in [-0.25, -0.2) is 20.8 Å². The number of nitrogens with zero attached hydrogens (tertiary/aromatic N) is 6. The van der Waals surface area contributed by atoms with Gasteiger partial charge >= 0.3 is 0 Å². The molecule has 5 N–H and O–H groups in total. The van der Waals surface area contributed by atoms with E-state index in [0.29, 0.717) is 28.7 Å². The minimum Gasteiger partial charge on any atom is -0.397 e. The topological polar surface area (TPSA) is 112 Å². The summed E-state index contributed by atoms with van der Waals surface area (Å²) in [4.78, 5) is 18.3. The van der Waals surface area contributed by atoms with Crippen molar-refractivity contribution in [2.45, 2.75) is 19.9 Å². The first-order valence-corrected chi connectivity index (χ1v) is 10.2. The van der Waals surface area contributed by atoms with Crippen LogP contribution in [0.25, 0.3) is 10.9 Å². The number of aromatic nitrogens is 3. The van der Waals surface area contributed by atoms with Gasteiger partial charge in [0.2, 0.25) is 5.95 Å². The van der Waals surface area contributed by atoms with Crippen LogP contribution in [0.3, 0.4) is 0 Å². The van der Waals surface area contributed by atoms with Crippen molar-refractivity contribution < 1.29 is 0 Å². The van der Waals surface area contributed by atoms with E-state index in [1.165, 1.54) is 0 Å². The molecular weight excluding hydrogens is 378 g/mol. The average Bonchev–Trinajstić information content (AvgIpc) is 2.74. The zero-order valence-corrected chi connectivity index (χ0v) is 17.7. The van der Waals surface area contributed by atoms with Crippen LogP contribution in [0, 0.1) is 0 Å². The number of likely N-dealkylation sites (N-methyl/N-ethyl adjacent to an activating group) is 1. The molecule has 30 heavy (non-hydrogen) atoms. The lowest BCUT2D eigenvalue weighted by molar-refractivity contribution is 0.313. The van der Waals surface area contributed by atoms with E-state index in [1.54, 1.807) is 11.2 Å². The molecule has 158 valence electrons.